The number of carbonyl (C=O) groups excluding carboxylic acids is 1. The zero-order valence-corrected chi connectivity index (χ0v) is 12.6. The lowest BCUT2D eigenvalue weighted by molar-refractivity contribution is -0.121. The van der Waals surface area contributed by atoms with Gasteiger partial charge in [0.25, 0.3) is 5.56 Å². The summed E-state index contributed by atoms with van der Waals surface area (Å²) in [4.78, 5) is 35.0. The molecule has 1 aromatic heterocycles. The van der Waals surface area contributed by atoms with Gasteiger partial charge in [-0.05, 0) is 20.8 Å². The minimum absolute atomic E-state index is 0.114. The number of nitrogens with zero attached hydrogens (tertiary/aromatic N) is 2. The second-order valence-electron chi connectivity index (χ2n) is 5.81. The smallest absolute Gasteiger partial charge is 0.330 e. The van der Waals surface area contributed by atoms with Crippen LogP contribution < -0.4 is 21.9 Å². The zero-order chi connectivity index (χ0) is 15.5. The summed E-state index contributed by atoms with van der Waals surface area (Å²) < 4.78 is 2.39. The predicted octanol–water partition coefficient (Wildman–Crippen LogP) is -0.912. The van der Waals surface area contributed by atoms with Gasteiger partial charge in [-0.1, -0.05) is 0 Å². The Kier molecular flexibility index (Phi) is 4.88. The Labute approximate surface area is 117 Å². The van der Waals surface area contributed by atoms with Gasteiger partial charge in [-0.3, -0.25) is 14.2 Å². The van der Waals surface area contributed by atoms with E-state index in [1.807, 2.05) is 20.8 Å². The third-order valence-corrected chi connectivity index (χ3v) is 2.63. The van der Waals surface area contributed by atoms with E-state index in [-0.39, 0.29) is 35.8 Å². The lowest BCUT2D eigenvalue weighted by Gasteiger charge is -2.20. The van der Waals surface area contributed by atoms with Crippen molar-refractivity contribution in [2.24, 2.45) is 14.1 Å². The number of hydrogen-bond acceptors (Lipinski definition) is 4. The first-order chi connectivity index (χ1) is 9.11. The van der Waals surface area contributed by atoms with Crippen LogP contribution >= 0.6 is 0 Å². The van der Waals surface area contributed by atoms with Gasteiger partial charge in [0.15, 0.2) is 0 Å². The maximum Gasteiger partial charge on any atom is 0.330 e. The van der Waals surface area contributed by atoms with Crippen LogP contribution in [0.5, 0.6) is 0 Å². The summed E-state index contributed by atoms with van der Waals surface area (Å²) in [6, 6.07) is 0. The van der Waals surface area contributed by atoms with Crippen LogP contribution in [0, 0.1) is 0 Å². The lowest BCUT2D eigenvalue weighted by Crippen LogP contribution is -2.45. The van der Waals surface area contributed by atoms with Crippen LogP contribution in [0.25, 0.3) is 0 Å². The van der Waals surface area contributed by atoms with Crippen molar-refractivity contribution in [1.82, 2.24) is 19.8 Å². The highest BCUT2D eigenvalue weighted by atomic mass is 16.2. The first-order valence-corrected chi connectivity index (χ1v) is 6.39. The van der Waals surface area contributed by atoms with Gasteiger partial charge >= 0.3 is 5.69 Å². The molecule has 0 radical (unpaired) electrons. The van der Waals surface area contributed by atoms with E-state index in [9.17, 15) is 14.4 Å². The largest absolute Gasteiger partial charge is 0.350 e. The predicted molar refractivity (Wildman–Crippen MR) is 76.5 cm³/mol. The molecule has 0 aliphatic rings. The lowest BCUT2D eigenvalue weighted by atomic mass is 10.1. The Hall–Kier alpha value is -1.89. The van der Waals surface area contributed by atoms with E-state index in [4.69, 9.17) is 0 Å². The maximum absolute atomic E-state index is 11.9. The van der Waals surface area contributed by atoms with Gasteiger partial charge in [-0.2, -0.15) is 0 Å². The fourth-order valence-electron chi connectivity index (χ4n) is 1.78. The second kappa shape index (κ2) is 6.04. The van der Waals surface area contributed by atoms with Crippen LogP contribution in [-0.4, -0.2) is 27.1 Å². The van der Waals surface area contributed by atoms with Gasteiger partial charge in [-0.15, -0.1) is 0 Å². The van der Waals surface area contributed by atoms with Crippen LogP contribution in [0.3, 0.4) is 0 Å². The molecule has 0 unspecified atom stereocenters. The van der Waals surface area contributed by atoms with Gasteiger partial charge in [-0.25, -0.2) is 4.79 Å². The summed E-state index contributed by atoms with van der Waals surface area (Å²) in [7, 11) is 3.01. The molecule has 0 saturated heterocycles. The van der Waals surface area contributed by atoms with Crippen molar-refractivity contribution in [2.75, 3.05) is 6.54 Å². The number of hydrogen-bond donors (Lipinski definition) is 2. The Balaban J connectivity index is 2.66. The molecule has 0 aliphatic carbocycles. The van der Waals surface area contributed by atoms with Gasteiger partial charge in [0, 0.05) is 37.9 Å². The number of aromatic nitrogens is 2. The van der Waals surface area contributed by atoms with Crippen LogP contribution in [-0.2, 0) is 25.4 Å². The molecular formula is C13H22N4O3. The normalized spacial score (nSPS) is 11.4. The van der Waals surface area contributed by atoms with Crippen molar-refractivity contribution in [1.29, 1.82) is 0 Å². The molecule has 1 heterocycles. The molecule has 112 valence electrons. The fourth-order valence-corrected chi connectivity index (χ4v) is 1.78. The summed E-state index contributed by atoms with van der Waals surface area (Å²) in [5, 5.41) is 5.71. The minimum Gasteiger partial charge on any atom is -0.350 e. The number of nitrogens with one attached hydrogen (secondary N) is 2. The quantitative estimate of drug-likeness (QED) is 0.748. The van der Waals surface area contributed by atoms with Crippen LogP contribution in [0.2, 0.25) is 0 Å². The highest BCUT2D eigenvalue weighted by molar-refractivity contribution is 5.78. The Bertz CT molecular complexity index is 608. The van der Waals surface area contributed by atoms with E-state index in [0.29, 0.717) is 5.56 Å². The summed E-state index contributed by atoms with van der Waals surface area (Å²) in [5.41, 5.74) is -0.565. The standard InChI is InChI=1S/C13H22N4O3/c1-13(2,3)15-10(18)7-14-6-9-8-16(4)12(20)17(5)11(9)19/h8,14H,6-7H2,1-5H3,(H,15,18). The Morgan fingerprint density at radius 2 is 1.85 bits per heavy atom. The van der Waals surface area contributed by atoms with Crippen LogP contribution in [0.1, 0.15) is 26.3 Å². The molecule has 1 rings (SSSR count). The molecular weight excluding hydrogens is 260 g/mol. The molecule has 0 fully saturated rings. The summed E-state index contributed by atoms with van der Waals surface area (Å²) >= 11 is 0. The van der Waals surface area contributed by atoms with Gasteiger partial charge in [0.05, 0.1) is 6.54 Å². The summed E-state index contributed by atoms with van der Waals surface area (Å²) in [5.74, 6) is -0.140. The van der Waals surface area contributed by atoms with E-state index in [2.05, 4.69) is 10.6 Å². The highest BCUT2D eigenvalue weighted by Crippen LogP contribution is 1.97. The molecule has 20 heavy (non-hydrogen) atoms. The molecule has 0 spiro atoms. The first kappa shape index (κ1) is 16.2. The minimum atomic E-state index is -0.371. The van der Waals surface area contributed by atoms with Crippen LogP contribution in [0.15, 0.2) is 15.8 Å². The molecule has 0 aromatic carbocycles. The van der Waals surface area contributed by atoms with E-state index < -0.39 is 0 Å². The number of rotatable bonds is 4. The highest BCUT2D eigenvalue weighted by Gasteiger charge is 2.13. The summed E-state index contributed by atoms with van der Waals surface area (Å²) in [6.07, 6.45) is 1.49. The van der Waals surface area contributed by atoms with Crippen molar-refractivity contribution < 1.29 is 4.79 Å². The van der Waals surface area contributed by atoms with Crippen molar-refractivity contribution in [2.45, 2.75) is 32.9 Å². The van der Waals surface area contributed by atoms with E-state index in [1.54, 1.807) is 7.05 Å². The van der Waals surface area contributed by atoms with Crippen molar-refractivity contribution >= 4 is 5.91 Å². The second-order valence-corrected chi connectivity index (χ2v) is 5.81. The summed E-state index contributed by atoms with van der Waals surface area (Å²) in [6.45, 7) is 6.04. The SMILES string of the molecule is Cn1cc(CNCC(=O)NC(C)(C)C)c(=O)n(C)c1=O. The molecule has 7 nitrogen and oxygen atoms in total. The van der Waals surface area contributed by atoms with E-state index in [1.165, 1.54) is 17.8 Å². The third-order valence-electron chi connectivity index (χ3n) is 2.63. The average Bonchev–Trinajstić information content (AvgIpc) is 2.30. The van der Waals surface area contributed by atoms with Crippen molar-refractivity contribution in [3.63, 3.8) is 0 Å². The van der Waals surface area contributed by atoms with Crippen LogP contribution in [0.4, 0.5) is 0 Å². The molecule has 0 saturated carbocycles. The third kappa shape index (κ3) is 4.34. The zero-order valence-electron chi connectivity index (χ0n) is 12.6. The van der Waals surface area contributed by atoms with Crippen molar-refractivity contribution in [3.8, 4) is 0 Å². The monoisotopic (exact) mass is 282 g/mol. The number of carbonyl (C=O) groups is 1. The van der Waals surface area contributed by atoms with Gasteiger partial charge < -0.3 is 15.2 Å². The van der Waals surface area contributed by atoms with Crippen molar-refractivity contribution in [3.05, 3.63) is 32.6 Å². The molecule has 1 aromatic rings. The molecule has 1 amide bonds. The molecule has 0 atom stereocenters. The molecule has 2 N–H and O–H groups in total. The molecule has 0 aliphatic heterocycles. The number of aryl methyl sites for hydroxylation is 1. The Morgan fingerprint density at radius 1 is 1.25 bits per heavy atom. The first-order valence-electron chi connectivity index (χ1n) is 6.39. The van der Waals surface area contributed by atoms with E-state index >= 15 is 0 Å². The van der Waals surface area contributed by atoms with Gasteiger partial charge in [0.2, 0.25) is 5.91 Å². The molecule has 7 heteroatoms. The fraction of sp³-hybridized carbons (Fsp3) is 0.615. The topological polar surface area (TPSA) is 85.1 Å². The van der Waals surface area contributed by atoms with E-state index in [0.717, 1.165) is 4.57 Å². The number of amides is 1. The maximum atomic E-state index is 11.9. The van der Waals surface area contributed by atoms with Gasteiger partial charge in [0.1, 0.15) is 0 Å². The molecule has 0 bridgehead atoms. The Morgan fingerprint density at radius 3 is 2.40 bits per heavy atom. The average molecular weight is 282 g/mol.